The quantitative estimate of drug-likeness (QED) is 0.389. The number of rotatable bonds is 5. The van der Waals surface area contributed by atoms with Gasteiger partial charge in [0.2, 0.25) is 0 Å². The average Bonchev–Trinajstić information content (AvgIpc) is 2.52. The van der Waals surface area contributed by atoms with Gasteiger partial charge in [0.1, 0.15) is 5.69 Å². The Balaban J connectivity index is 1.83. The van der Waals surface area contributed by atoms with Crippen LogP contribution in [0.2, 0.25) is 0 Å². The standard InChI is InChI=1S/C15H15N3O2/c16-15(13-8-4-5-11-17-13)18-20-14(19)10-9-12-6-2-1-3-7-12/h1-8,11H,9-10H2,(H2,16,18). The van der Waals surface area contributed by atoms with E-state index < -0.39 is 5.97 Å². The molecule has 5 heteroatoms. The number of oxime groups is 1. The predicted octanol–water partition coefficient (Wildman–Crippen LogP) is 1.88. The first-order chi connectivity index (χ1) is 9.75. The second kappa shape index (κ2) is 7.04. The molecule has 1 aromatic heterocycles. The second-order valence-corrected chi connectivity index (χ2v) is 4.14. The molecule has 0 amide bonds. The van der Waals surface area contributed by atoms with E-state index in [1.165, 1.54) is 0 Å². The number of nitrogens with two attached hydrogens (primary N) is 1. The zero-order chi connectivity index (χ0) is 14.2. The minimum absolute atomic E-state index is 0.0821. The highest BCUT2D eigenvalue weighted by molar-refractivity contribution is 5.95. The Hall–Kier alpha value is -2.69. The van der Waals surface area contributed by atoms with Crippen LogP contribution in [0.5, 0.6) is 0 Å². The smallest absolute Gasteiger partial charge is 0.335 e. The molecule has 102 valence electrons. The summed E-state index contributed by atoms with van der Waals surface area (Å²) in [5.41, 5.74) is 7.21. The molecule has 0 saturated heterocycles. The van der Waals surface area contributed by atoms with Crippen LogP contribution in [0.4, 0.5) is 0 Å². The summed E-state index contributed by atoms with van der Waals surface area (Å²) in [6.45, 7) is 0. The summed E-state index contributed by atoms with van der Waals surface area (Å²) in [7, 11) is 0. The SMILES string of the molecule is NC(=NOC(=O)CCc1ccccc1)c1ccccn1. The van der Waals surface area contributed by atoms with Gasteiger partial charge in [-0.1, -0.05) is 41.6 Å². The fourth-order valence-corrected chi connectivity index (χ4v) is 1.60. The number of amidine groups is 1. The van der Waals surface area contributed by atoms with Gasteiger partial charge in [-0.2, -0.15) is 0 Å². The van der Waals surface area contributed by atoms with Gasteiger partial charge in [-0.15, -0.1) is 0 Å². The molecule has 2 N–H and O–H groups in total. The van der Waals surface area contributed by atoms with E-state index in [0.29, 0.717) is 12.1 Å². The Kier molecular flexibility index (Phi) is 4.83. The molecular formula is C15H15N3O2. The number of hydrogen-bond donors (Lipinski definition) is 1. The van der Waals surface area contributed by atoms with Crippen molar-refractivity contribution in [1.29, 1.82) is 0 Å². The first-order valence-electron chi connectivity index (χ1n) is 6.24. The molecule has 0 fully saturated rings. The first kappa shape index (κ1) is 13.7. The van der Waals surface area contributed by atoms with Crippen molar-refractivity contribution in [2.75, 3.05) is 0 Å². The molecule has 0 aliphatic carbocycles. The lowest BCUT2D eigenvalue weighted by atomic mass is 10.1. The van der Waals surface area contributed by atoms with E-state index in [-0.39, 0.29) is 12.3 Å². The number of nitrogens with zero attached hydrogens (tertiary/aromatic N) is 2. The molecule has 0 aliphatic heterocycles. The Morgan fingerprint density at radius 1 is 1.15 bits per heavy atom. The predicted molar refractivity (Wildman–Crippen MR) is 75.8 cm³/mol. The van der Waals surface area contributed by atoms with Crippen LogP contribution in [-0.4, -0.2) is 16.8 Å². The third kappa shape index (κ3) is 4.20. The maximum Gasteiger partial charge on any atom is 0.335 e. The lowest BCUT2D eigenvalue weighted by Gasteiger charge is -2.01. The minimum Gasteiger partial charge on any atom is -0.379 e. The van der Waals surface area contributed by atoms with Gasteiger partial charge in [-0.05, 0) is 24.1 Å². The van der Waals surface area contributed by atoms with Crippen molar-refractivity contribution in [1.82, 2.24) is 4.98 Å². The molecule has 0 atom stereocenters. The van der Waals surface area contributed by atoms with E-state index in [2.05, 4.69) is 10.1 Å². The third-order valence-corrected chi connectivity index (χ3v) is 2.63. The largest absolute Gasteiger partial charge is 0.379 e. The number of aryl methyl sites for hydroxylation is 1. The van der Waals surface area contributed by atoms with Gasteiger partial charge < -0.3 is 10.6 Å². The second-order valence-electron chi connectivity index (χ2n) is 4.14. The molecule has 1 heterocycles. The summed E-state index contributed by atoms with van der Waals surface area (Å²) >= 11 is 0. The number of hydrogen-bond acceptors (Lipinski definition) is 4. The van der Waals surface area contributed by atoms with Crippen molar-refractivity contribution < 1.29 is 9.63 Å². The number of carbonyl (C=O) groups excluding carboxylic acids is 1. The Bertz CT molecular complexity index is 583. The summed E-state index contributed by atoms with van der Waals surface area (Å²) in [5, 5.41) is 3.59. The van der Waals surface area contributed by atoms with Crippen LogP contribution in [0.15, 0.2) is 59.9 Å². The van der Waals surface area contributed by atoms with Gasteiger partial charge in [0.25, 0.3) is 0 Å². The Labute approximate surface area is 117 Å². The van der Waals surface area contributed by atoms with Crippen LogP contribution in [-0.2, 0) is 16.1 Å². The molecule has 1 aromatic carbocycles. The Morgan fingerprint density at radius 3 is 2.60 bits per heavy atom. The van der Waals surface area contributed by atoms with Crippen molar-refractivity contribution in [2.45, 2.75) is 12.8 Å². The molecule has 5 nitrogen and oxygen atoms in total. The van der Waals surface area contributed by atoms with E-state index in [1.54, 1.807) is 24.4 Å². The molecule has 20 heavy (non-hydrogen) atoms. The average molecular weight is 269 g/mol. The summed E-state index contributed by atoms with van der Waals surface area (Å²) in [4.78, 5) is 20.3. The molecule has 0 bridgehead atoms. The van der Waals surface area contributed by atoms with Gasteiger partial charge in [-0.25, -0.2) is 4.79 Å². The van der Waals surface area contributed by atoms with E-state index in [9.17, 15) is 4.79 Å². The van der Waals surface area contributed by atoms with Crippen LogP contribution >= 0.6 is 0 Å². The lowest BCUT2D eigenvalue weighted by Crippen LogP contribution is -2.16. The molecule has 0 spiro atoms. The van der Waals surface area contributed by atoms with Gasteiger partial charge in [0.15, 0.2) is 5.84 Å². The number of aromatic nitrogens is 1. The van der Waals surface area contributed by atoms with Crippen molar-refractivity contribution in [3.63, 3.8) is 0 Å². The molecule has 0 aliphatic rings. The number of carbonyl (C=O) groups is 1. The molecule has 0 unspecified atom stereocenters. The first-order valence-corrected chi connectivity index (χ1v) is 6.24. The normalized spacial score (nSPS) is 11.1. The number of pyridine rings is 1. The highest BCUT2D eigenvalue weighted by atomic mass is 16.7. The Morgan fingerprint density at radius 2 is 1.90 bits per heavy atom. The van der Waals surface area contributed by atoms with E-state index >= 15 is 0 Å². The maximum absolute atomic E-state index is 11.5. The minimum atomic E-state index is -0.423. The summed E-state index contributed by atoms with van der Waals surface area (Å²) in [6, 6.07) is 14.9. The van der Waals surface area contributed by atoms with Crippen molar-refractivity contribution >= 4 is 11.8 Å². The molecule has 2 rings (SSSR count). The highest BCUT2D eigenvalue weighted by Crippen LogP contribution is 2.03. The van der Waals surface area contributed by atoms with E-state index in [0.717, 1.165) is 5.56 Å². The van der Waals surface area contributed by atoms with Crippen LogP contribution < -0.4 is 5.73 Å². The van der Waals surface area contributed by atoms with Crippen LogP contribution in [0.3, 0.4) is 0 Å². The van der Waals surface area contributed by atoms with Gasteiger partial charge in [0.05, 0.1) is 6.42 Å². The summed E-state index contributed by atoms with van der Waals surface area (Å²) in [5.74, 6) is -0.341. The van der Waals surface area contributed by atoms with Crippen LogP contribution in [0.25, 0.3) is 0 Å². The van der Waals surface area contributed by atoms with Gasteiger partial charge >= 0.3 is 5.97 Å². The van der Waals surface area contributed by atoms with E-state index in [4.69, 9.17) is 10.6 Å². The lowest BCUT2D eigenvalue weighted by molar-refractivity contribution is -0.143. The maximum atomic E-state index is 11.5. The molecule has 0 saturated carbocycles. The highest BCUT2D eigenvalue weighted by Gasteiger charge is 2.05. The van der Waals surface area contributed by atoms with Gasteiger partial charge in [0, 0.05) is 6.20 Å². The number of benzene rings is 1. The third-order valence-electron chi connectivity index (χ3n) is 2.63. The monoisotopic (exact) mass is 269 g/mol. The molecule has 0 radical (unpaired) electrons. The van der Waals surface area contributed by atoms with Crippen molar-refractivity contribution in [3.8, 4) is 0 Å². The summed E-state index contributed by atoms with van der Waals surface area (Å²) in [6.07, 6.45) is 2.45. The topological polar surface area (TPSA) is 77.6 Å². The van der Waals surface area contributed by atoms with Crippen molar-refractivity contribution in [3.05, 3.63) is 66.0 Å². The fourth-order valence-electron chi connectivity index (χ4n) is 1.60. The van der Waals surface area contributed by atoms with E-state index in [1.807, 2.05) is 30.3 Å². The molecular weight excluding hydrogens is 254 g/mol. The zero-order valence-corrected chi connectivity index (χ0v) is 10.9. The van der Waals surface area contributed by atoms with Crippen molar-refractivity contribution in [2.24, 2.45) is 10.9 Å². The summed E-state index contributed by atoms with van der Waals surface area (Å²) < 4.78 is 0. The van der Waals surface area contributed by atoms with Gasteiger partial charge in [-0.3, -0.25) is 4.98 Å². The van der Waals surface area contributed by atoms with Crippen LogP contribution in [0, 0.1) is 0 Å². The molecule has 2 aromatic rings. The fraction of sp³-hybridized carbons (Fsp3) is 0.133. The van der Waals surface area contributed by atoms with Crippen LogP contribution in [0.1, 0.15) is 17.7 Å². The zero-order valence-electron chi connectivity index (χ0n) is 10.9.